The lowest BCUT2D eigenvalue weighted by molar-refractivity contribution is -0.116. The van der Waals surface area contributed by atoms with Crippen molar-refractivity contribution in [3.05, 3.63) is 68.6 Å². The van der Waals surface area contributed by atoms with Crippen LogP contribution in [0, 0.1) is 0 Å². The maximum Gasteiger partial charge on any atom is 0.254 e. The van der Waals surface area contributed by atoms with Crippen molar-refractivity contribution in [2.75, 3.05) is 26.0 Å². The van der Waals surface area contributed by atoms with Gasteiger partial charge in [-0.1, -0.05) is 23.2 Å². The predicted molar refractivity (Wildman–Crippen MR) is 121 cm³/mol. The normalized spacial score (nSPS) is 10.5. The molecule has 10 heteroatoms. The van der Waals surface area contributed by atoms with E-state index in [-0.39, 0.29) is 18.4 Å². The van der Waals surface area contributed by atoms with Crippen LogP contribution < -0.4 is 14.8 Å². The molecule has 3 aromatic rings. The number of carbonyl (C=O) groups is 2. The number of halogens is 2. The summed E-state index contributed by atoms with van der Waals surface area (Å²) in [5.41, 5.74) is 3.39. The molecule has 0 radical (unpaired) electrons. The number of thiazole rings is 1. The molecule has 7 nitrogen and oxygen atoms in total. The molecule has 0 unspecified atom stereocenters. The average Bonchev–Trinajstić information content (AvgIpc) is 3.27. The van der Waals surface area contributed by atoms with E-state index < -0.39 is 0 Å². The summed E-state index contributed by atoms with van der Waals surface area (Å²) >= 11 is 13.3. The van der Waals surface area contributed by atoms with Crippen LogP contribution in [-0.4, -0.2) is 42.4 Å². The second-order valence-electron chi connectivity index (χ2n) is 6.47. The van der Waals surface area contributed by atoms with Gasteiger partial charge in [-0.2, -0.15) is 0 Å². The highest BCUT2D eigenvalue weighted by Crippen LogP contribution is 2.29. The number of hydrogen-bond acceptors (Lipinski definition) is 6. The van der Waals surface area contributed by atoms with E-state index in [2.05, 4.69) is 10.3 Å². The number of anilines is 1. The Balaban J connectivity index is 1.62. The minimum atomic E-state index is -0.371. The average molecular weight is 480 g/mol. The summed E-state index contributed by atoms with van der Waals surface area (Å²) in [5, 5.41) is 5.29. The number of nitrogens with one attached hydrogen (secondary N) is 1. The topological polar surface area (TPSA) is 80.8 Å². The summed E-state index contributed by atoms with van der Waals surface area (Å²) in [6.07, 6.45) is 0. The number of nitrogens with zero attached hydrogens (tertiary/aromatic N) is 2. The molecule has 2 amide bonds. The van der Waals surface area contributed by atoms with Gasteiger partial charge in [-0.05, 0) is 36.4 Å². The first-order valence-corrected chi connectivity index (χ1v) is 10.8. The fraction of sp³-hybridized carbons (Fsp3) is 0.190. The number of amides is 2. The van der Waals surface area contributed by atoms with Gasteiger partial charge < -0.3 is 19.7 Å². The molecule has 0 saturated heterocycles. The molecule has 0 aliphatic heterocycles. The maximum absolute atomic E-state index is 12.8. The summed E-state index contributed by atoms with van der Waals surface area (Å²) < 4.78 is 11.1. The number of methoxy groups -OCH3 is 1. The standard InChI is InChI=1S/C21H19Cl2N3O4S/c1-26(9-20(27)25-14-4-5-16(22)17(23)8-14)21(28)13-3-6-18(19(7-13)29-2)30-10-15-11-31-12-24-15/h3-8,11-12H,9-10H2,1-2H3,(H,25,27). The highest BCUT2D eigenvalue weighted by atomic mass is 35.5. The Morgan fingerprint density at radius 1 is 1.13 bits per heavy atom. The van der Waals surface area contributed by atoms with Crippen molar-refractivity contribution in [3.8, 4) is 11.5 Å². The number of aromatic nitrogens is 1. The number of likely N-dealkylation sites (N-methyl/N-ethyl adjacent to an activating group) is 1. The van der Waals surface area contributed by atoms with Crippen LogP contribution in [0.4, 0.5) is 5.69 Å². The van der Waals surface area contributed by atoms with E-state index >= 15 is 0 Å². The van der Waals surface area contributed by atoms with Gasteiger partial charge in [0.15, 0.2) is 11.5 Å². The Morgan fingerprint density at radius 3 is 2.61 bits per heavy atom. The SMILES string of the molecule is COc1cc(C(=O)N(C)CC(=O)Nc2ccc(Cl)c(Cl)c2)ccc1OCc1cscn1. The number of carbonyl (C=O) groups excluding carboxylic acids is 2. The van der Waals surface area contributed by atoms with Crippen LogP contribution in [0.15, 0.2) is 47.3 Å². The summed E-state index contributed by atoms with van der Waals surface area (Å²) in [6, 6.07) is 9.60. The molecule has 2 aromatic carbocycles. The fourth-order valence-electron chi connectivity index (χ4n) is 2.66. The van der Waals surface area contributed by atoms with Crippen molar-refractivity contribution in [3.63, 3.8) is 0 Å². The summed E-state index contributed by atoms with van der Waals surface area (Å²) in [4.78, 5) is 30.5. The third-order valence-corrected chi connectivity index (χ3v) is 5.57. The molecule has 1 aromatic heterocycles. The smallest absolute Gasteiger partial charge is 0.254 e. The van der Waals surface area contributed by atoms with Crippen molar-refractivity contribution < 1.29 is 19.1 Å². The Labute approximate surface area is 193 Å². The quantitative estimate of drug-likeness (QED) is 0.504. The number of ether oxygens (including phenoxy) is 2. The minimum absolute atomic E-state index is 0.149. The first-order chi connectivity index (χ1) is 14.9. The van der Waals surface area contributed by atoms with E-state index in [1.807, 2.05) is 5.38 Å². The van der Waals surface area contributed by atoms with E-state index in [9.17, 15) is 9.59 Å². The van der Waals surface area contributed by atoms with Gasteiger partial charge in [0.1, 0.15) is 6.61 Å². The molecular formula is C21H19Cl2N3O4S. The first-order valence-electron chi connectivity index (χ1n) is 9.05. The molecule has 0 spiro atoms. The Kier molecular flexibility index (Phi) is 7.73. The molecule has 31 heavy (non-hydrogen) atoms. The van der Waals surface area contributed by atoms with Gasteiger partial charge in [0.2, 0.25) is 5.91 Å². The lowest BCUT2D eigenvalue weighted by Gasteiger charge is -2.18. The van der Waals surface area contributed by atoms with Crippen molar-refractivity contribution in [1.82, 2.24) is 9.88 Å². The Bertz CT molecular complexity index is 1080. The molecule has 1 heterocycles. The third-order valence-electron chi connectivity index (χ3n) is 4.20. The number of benzene rings is 2. The summed E-state index contributed by atoms with van der Waals surface area (Å²) in [5.74, 6) is 0.194. The second kappa shape index (κ2) is 10.5. The lowest BCUT2D eigenvalue weighted by atomic mass is 10.1. The minimum Gasteiger partial charge on any atom is -0.493 e. The van der Waals surface area contributed by atoms with E-state index in [1.54, 1.807) is 41.9 Å². The first kappa shape index (κ1) is 22.9. The monoisotopic (exact) mass is 479 g/mol. The van der Waals surface area contributed by atoms with Crippen LogP contribution in [0.1, 0.15) is 16.1 Å². The van der Waals surface area contributed by atoms with Crippen molar-refractivity contribution in [2.24, 2.45) is 0 Å². The summed E-state index contributed by atoms with van der Waals surface area (Å²) in [6.45, 7) is 0.144. The van der Waals surface area contributed by atoms with Crippen LogP contribution in [0.2, 0.25) is 10.0 Å². The summed E-state index contributed by atoms with van der Waals surface area (Å²) in [7, 11) is 3.03. The third kappa shape index (κ3) is 6.10. The molecule has 1 N–H and O–H groups in total. The van der Waals surface area contributed by atoms with Gasteiger partial charge in [0.05, 0.1) is 34.9 Å². The zero-order chi connectivity index (χ0) is 22.4. The molecule has 0 bridgehead atoms. The van der Waals surface area contributed by atoms with Crippen LogP contribution in [-0.2, 0) is 11.4 Å². The Morgan fingerprint density at radius 2 is 1.94 bits per heavy atom. The van der Waals surface area contributed by atoms with Crippen molar-refractivity contribution >= 4 is 52.0 Å². The highest BCUT2D eigenvalue weighted by Gasteiger charge is 2.18. The van der Waals surface area contributed by atoms with Gasteiger partial charge >= 0.3 is 0 Å². The lowest BCUT2D eigenvalue weighted by Crippen LogP contribution is -2.34. The molecule has 0 fully saturated rings. The van der Waals surface area contributed by atoms with Gasteiger partial charge in [0.25, 0.3) is 5.91 Å². The van der Waals surface area contributed by atoms with Crippen LogP contribution in [0.25, 0.3) is 0 Å². The molecule has 0 atom stereocenters. The number of hydrogen-bond donors (Lipinski definition) is 1. The second-order valence-corrected chi connectivity index (χ2v) is 8.01. The molecule has 0 saturated carbocycles. The zero-order valence-corrected chi connectivity index (χ0v) is 19.1. The van der Waals surface area contributed by atoms with Gasteiger partial charge in [0, 0.05) is 23.7 Å². The zero-order valence-electron chi connectivity index (χ0n) is 16.7. The van der Waals surface area contributed by atoms with Gasteiger partial charge in [-0.15, -0.1) is 11.3 Å². The van der Waals surface area contributed by atoms with E-state index in [0.29, 0.717) is 39.4 Å². The van der Waals surface area contributed by atoms with E-state index in [4.69, 9.17) is 32.7 Å². The fourth-order valence-corrected chi connectivity index (χ4v) is 3.50. The van der Waals surface area contributed by atoms with E-state index in [1.165, 1.54) is 30.4 Å². The predicted octanol–water partition coefficient (Wildman–Crippen LogP) is 4.75. The number of rotatable bonds is 8. The highest BCUT2D eigenvalue weighted by molar-refractivity contribution is 7.07. The van der Waals surface area contributed by atoms with Crippen LogP contribution >= 0.6 is 34.5 Å². The van der Waals surface area contributed by atoms with Crippen LogP contribution in [0.3, 0.4) is 0 Å². The van der Waals surface area contributed by atoms with Crippen LogP contribution in [0.5, 0.6) is 11.5 Å². The molecule has 0 aliphatic carbocycles. The molecule has 0 aliphatic rings. The van der Waals surface area contributed by atoms with Crippen molar-refractivity contribution in [1.29, 1.82) is 0 Å². The largest absolute Gasteiger partial charge is 0.493 e. The van der Waals surface area contributed by atoms with E-state index in [0.717, 1.165) is 5.69 Å². The molecular weight excluding hydrogens is 461 g/mol. The Hall–Kier alpha value is -2.81. The van der Waals surface area contributed by atoms with Crippen molar-refractivity contribution in [2.45, 2.75) is 6.61 Å². The van der Waals surface area contributed by atoms with Gasteiger partial charge in [-0.25, -0.2) is 4.98 Å². The molecule has 3 rings (SSSR count). The van der Waals surface area contributed by atoms with Gasteiger partial charge in [-0.3, -0.25) is 9.59 Å². The molecule has 162 valence electrons. The maximum atomic E-state index is 12.8.